The van der Waals surface area contributed by atoms with E-state index in [1.54, 1.807) is 26.2 Å². The Morgan fingerprint density at radius 2 is 1.97 bits per heavy atom. The highest BCUT2D eigenvalue weighted by Crippen LogP contribution is 2.30. The number of rotatable bonds is 7. The van der Waals surface area contributed by atoms with Gasteiger partial charge in [-0.3, -0.25) is 4.79 Å². The highest BCUT2D eigenvalue weighted by atomic mass is 16.5. The van der Waals surface area contributed by atoms with Crippen LogP contribution in [0.15, 0.2) is 53.1 Å². The molecule has 31 heavy (non-hydrogen) atoms. The Kier molecular flexibility index (Phi) is 6.35. The number of nitrogens with zero attached hydrogens (tertiary/aromatic N) is 3. The second-order valence-corrected chi connectivity index (χ2v) is 7.44. The van der Waals surface area contributed by atoms with Crippen LogP contribution in [0, 0.1) is 6.92 Å². The molecule has 0 aliphatic carbocycles. The molecule has 1 saturated heterocycles. The summed E-state index contributed by atoms with van der Waals surface area (Å²) in [4.78, 5) is 19.4. The van der Waals surface area contributed by atoms with Crippen LogP contribution in [0.1, 0.15) is 34.9 Å². The maximum atomic E-state index is 13.0. The molecule has 0 bridgehead atoms. The number of hydrogen-bond donors (Lipinski definition) is 1. The van der Waals surface area contributed by atoms with Gasteiger partial charge < -0.3 is 24.2 Å². The second kappa shape index (κ2) is 9.51. The van der Waals surface area contributed by atoms with Crippen molar-refractivity contribution in [2.45, 2.75) is 32.4 Å². The van der Waals surface area contributed by atoms with Gasteiger partial charge in [-0.1, -0.05) is 29.4 Å². The number of ether oxygens (including phenoxy) is 2. The first kappa shape index (κ1) is 20.7. The van der Waals surface area contributed by atoms with Gasteiger partial charge in [0.05, 0.1) is 18.4 Å². The van der Waals surface area contributed by atoms with Gasteiger partial charge in [0.2, 0.25) is 11.7 Å². The van der Waals surface area contributed by atoms with Crippen LogP contribution in [-0.2, 0) is 6.61 Å². The Bertz CT molecular complexity index is 1040. The third kappa shape index (κ3) is 4.96. The van der Waals surface area contributed by atoms with Gasteiger partial charge in [0.1, 0.15) is 11.5 Å². The number of anilines is 1. The standard InChI is InChI=1S/C23H26N4O4/c1-16-24-22(26-31-16)15-30-20-11-5-3-9-18(20)23(28)25-17-8-7-13-27(14-17)19-10-4-6-12-21(19)29-2/h3-6,9-12,17H,7-8,13-15H2,1-2H3,(H,25,28). The lowest BCUT2D eigenvalue weighted by atomic mass is 10.0. The predicted molar refractivity (Wildman–Crippen MR) is 116 cm³/mol. The first-order chi connectivity index (χ1) is 15.1. The van der Waals surface area contributed by atoms with E-state index in [1.807, 2.05) is 36.4 Å². The number of hydrogen-bond acceptors (Lipinski definition) is 7. The van der Waals surface area contributed by atoms with Crippen LogP contribution in [0.25, 0.3) is 0 Å². The minimum atomic E-state index is -0.160. The van der Waals surface area contributed by atoms with E-state index in [4.69, 9.17) is 14.0 Å². The van der Waals surface area contributed by atoms with Gasteiger partial charge in [-0.25, -0.2) is 0 Å². The number of methoxy groups -OCH3 is 1. The monoisotopic (exact) mass is 422 g/mol. The third-order valence-corrected chi connectivity index (χ3v) is 5.24. The molecule has 3 aromatic rings. The summed E-state index contributed by atoms with van der Waals surface area (Å²) in [5.41, 5.74) is 1.53. The quantitative estimate of drug-likeness (QED) is 0.624. The van der Waals surface area contributed by atoms with Crippen molar-refractivity contribution in [1.82, 2.24) is 15.5 Å². The summed E-state index contributed by atoms with van der Waals surface area (Å²) in [6.45, 7) is 3.50. The highest BCUT2D eigenvalue weighted by Gasteiger charge is 2.24. The molecule has 4 rings (SSSR count). The molecular formula is C23H26N4O4. The van der Waals surface area contributed by atoms with Crippen molar-refractivity contribution in [3.8, 4) is 11.5 Å². The van der Waals surface area contributed by atoms with E-state index < -0.39 is 0 Å². The Labute approximate surface area is 181 Å². The SMILES string of the molecule is COc1ccccc1N1CCCC(NC(=O)c2ccccc2OCc2noc(C)n2)C1. The molecule has 162 valence electrons. The summed E-state index contributed by atoms with van der Waals surface area (Å²) in [5, 5.41) is 6.99. The molecule has 8 nitrogen and oxygen atoms in total. The number of carbonyl (C=O) groups is 1. The van der Waals surface area contributed by atoms with Crippen LogP contribution in [0.2, 0.25) is 0 Å². The second-order valence-electron chi connectivity index (χ2n) is 7.44. The number of aromatic nitrogens is 2. The van der Waals surface area contributed by atoms with Crippen LogP contribution < -0.4 is 19.7 Å². The van der Waals surface area contributed by atoms with Crippen molar-refractivity contribution < 1.29 is 18.8 Å². The van der Waals surface area contributed by atoms with Crippen LogP contribution in [0.4, 0.5) is 5.69 Å². The summed E-state index contributed by atoms with van der Waals surface area (Å²) in [5.74, 6) is 2.07. The van der Waals surface area contributed by atoms with Crippen molar-refractivity contribution in [3.05, 3.63) is 65.8 Å². The van der Waals surface area contributed by atoms with Crippen LogP contribution in [0.5, 0.6) is 11.5 Å². The summed E-state index contributed by atoms with van der Waals surface area (Å²) in [6, 6.07) is 15.2. The fourth-order valence-corrected chi connectivity index (χ4v) is 3.79. The Morgan fingerprint density at radius 1 is 1.19 bits per heavy atom. The smallest absolute Gasteiger partial charge is 0.255 e. The zero-order valence-corrected chi connectivity index (χ0v) is 17.7. The van der Waals surface area contributed by atoms with Crippen LogP contribution in [0.3, 0.4) is 0 Å². The first-order valence-electron chi connectivity index (χ1n) is 10.3. The number of piperidine rings is 1. The molecular weight excluding hydrogens is 396 g/mol. The Hall–Kier alpha value is -3.55. The van der Waals surface area contributed by atoms with Gasteiger partial charge in [-0.2, -0.15) is 4.98 Å². The third-order valence-electron chi connectivity index (χ3n) is 5.24. The van der Waals surface area contributed by atoms with Crippen molar-refractivity contribution in [2.75, 3.05) is 25.1 Å². The maximum absolute atomic E-state index is 13.0. The van der Waals surface area contributed by atoms with Crippen molar-refractivity contribution >= 4 is 11.6 Å². The van der Waals surface area contributed by atoms with E-state index in [9.17, 15) is 4.79 Å². The molecule has 0 spiro atoms. The molecule has 8 heteroatoms. The summed E-state index contributed by atoms with van der Waals surface area (Å²) < 4.78 is 16.3. The number of amides is 1. The molecule has 1 atom stereocenters. The minimum Gasteiger partial charge on any atom is -0.495 e. The largest absolute Gasteiger partial charge is 0.495 e. The summed E-state index contributed by atoms with van der Waals surface area (Å²) in [7, 11) is 1.68. The number of aryl methyl sites for hydroxylation is 1. The molecule has 1 N–H and O–H groups in total. The zero-order valence-electron chi connectivity index (χ0n) is 17.7. The molecule has 2 aromatic carbocycles. The molecule has 1 aliphatic rings. The van der Waals surface area contributed by atoms with Crippen LogP contribution in [-0.4, -0.2) is 42.3 Å². The first-order valence-corrected chi connectivity index (χ1v) is 10.3. The van der Waals surface area contributed by atoms with E-state index in [0.29, 0.717) is 23.0 Å². The molecule has 2 heterocycles. The van der Waals surface area contributed by atoms with Gasteiger partial charge in [0, 0.05) is 26.1 Å². The molecule has 0 saturated carbocycles. The predicted octanol–water partition coefficient (Wildman–Crippen LogP) is 3.36. The normalized spacial score (nSPS) is 16.1. The minimum absolute atomic E-state index is 0.0269. The van der Waals surface area contributed by atoms with E-state index in [2.05, 4.69) is 20.4 Å². The highest BCUT2D eigenvalue weighted by molar-refractivity contribution is 5.97. The number of para-hydroxylation sites is 3. The topological polar surface area (TPSA) is 89.7 Å². The van der Waals surface area contributed by atoms with Crippen molar-refractivity contribution in [3.63, 3.8) is 0 Å². The number of nitrogens with one attached hydrogen (secondary N) is 1. The maximum Gasteiger partial charge on any atom is 0.255 e. The fourth-order valence-electron chi connectivity index (χ4n) is 3.79. The van der Waals surface area contributed by atoms with E-state index in [1.165, 1.54) is 0 Å². The van der Waals surface area contributed by atoms with E-state index >= 15 is 0 Å². The van der Waals surface area contributed by atoms with E-state index in [0.717, 1.165) is 37.4 Å². The zero-order chi connectivity index (χ0) is 21.6. The lowest BCUT2D eigenvalue weighted by Gasteiger charge is -2.35. The number of carbonyl (C=O) groups excluding carboxylic acids is 1. The number of benzene rings is 2. The fraction of sp³-hybridized carbons (Fsp3) is 0.348. The van der Waals surface area contributed by atoms with Gasteiger partial charge in [-0.15, -0.1) is 0 Å². The molecule has 1 fully saturated rings. The average molecular weight is 422 g/mol. The average Bonchev–Trinajstić information content (AvgIpc) is 3.23. The van der Waals surface area contributed by atoms with Crippen LogP contribution >= 0.6 is 0 Å². The summed E-state index contributed by atoms with van der Waals surface area (Å²) in [6.07, 6.45) is 1.90. The molecule has 0 radical (unpaired) electrons. The molecule has 1 unspecified atom stereocenters. The van der Waals surface area contributed by atoms with Gasteiger partial charge in [0.25, 0.3) is 5.91 Å². The molecule has 1 aliphatic heterocycles. The molecule has 1 aromatic heterocycles. The summed E-state index contributed by atoms with van der Waals surface area (Å²) >= 11 is 0. The lowest BCUT2D eigenvalue weighted by Crippen LogP contribution is -2.48. The van der Waals surface area contributed by atoms with E-state index in [-0.39, 0.29) is 18.6 Å². The Morgan fingerprint density at radius 3 is 2.74 bits per heavy atom. The van der Waals surface area contributed by atoms with Crippen molar-refractivity contribution in [2.24, 2.45) is 0 Å². The Balaban J connectivity index is 1.42. The van der Waals surface area contributed by atoms with Gasteiger partial charge >= 0.3 is 0 Å². The van der Waals surface area contributed by atoms with Gasteiger partial charge in [0.15, 0.2) is 6.61 Å². The van der Waals surface area contributed by atoms with Gasteiger partial charge in [-0.05, 0) is 37.1 Å². The molecule has 1 amide bonds. The lowest BCUT2D eigenvalue weighted by molar-refractivity contribution is 0.0928. The van der Waals surface area contributed by atoms with Crippen molar-refractivity contribution in [1.29, 1.82) is 0 Å².